The maximum atomic E-state index is 12.0. The van der Waals surface area contributed by atoms with Crippen molar-refractivity contribution >= 4 is 17.5 Å². The van der Waals surface area contributed by atoms with E-state index in [1.807, 2.05) is 26.2 Å². The van der Waals surface area contributed by atoms with Crippen molar-refractivity contribution in [3.05, 3.63) is 18.3 Å². The average molecular weight is 321 g/mol. The van der Waals surface area contributed by atoms with Crippen molar-refractivity contribution in [1.82, 2.24) is 15.2 Å². The Kier molecular flexibility index (Phi) is 5.79. The van der Waals surface area contributed by atoms with Gasteiger partial charge in [-0.05, 0) is 40.1 Å². The molecule has 0 saturated carbocycles. The molecule has 1 aromatic heterocycles. The number of carbonyl (C=O) groups is 1. The average Bonchev–Trinajstić information content (AvgIpc) is 2.54. The van der Waals surface area contributed by atoms with Crippen LogP contribution in [0.3, 0.4) is 0 Å². The summed E-state index contributed by atoms with van der Waals surface area (Å²) in [5, 5.41) is 5.69. The molecular formula is C16H27N5O2. The van der Waals surface area contributed by atoms with Crippen LogP contribution < -0.4 is 15.5 Å². The molecule has 2 amide bonds. The second-order valence-electron chi connectivity index (χ2n) is 6.52. The van der Waals surface area contributed by atoms with Crippen LogP contribution in [0.1, 0.15) is 13.8 Å². The predicted octanol–water partition coefficient (Wildman–Crippen LogP) is 1.38. The first-order valence-corrected chi connectivity index (χ1v) is 7.89. The molecule has 2 heterocycles. The number of morpholine rings is 1. The zero-order valence-electron chi connectivity index (χ0n) is 14.4. The fourth-order valence-corrected chi connectivity index (χ4v) is 2.07. The number of amides is 2. The van der Waals surface area contributed by atoms with Gasteiger partial charge in [-0.1, -0.05) is 0 Å². The first-order valence-electron chi connectivity index (χ1n) is 7.89. The molecule has 1 saturated heterocycles. The van der Waals surface area contributed by atoms with Gasteiger partial charge in [-0.3, -0.25) is 0 Å². The van der Waals surface area contributed by atoms with Crippen LogP contribution in [0.2, 0.25) is 0 Å². The number of likely N-dealkylation sites (N-methyl/N-ethyl adjacent to an activating group) is 1. The minimum atomic E-state index is -0.221. The summed E-state index contributed by atoms with van der Waals surface area (Å²) in [5.41, 5.74) is 0.581. The summed E-state index contributed by atoms with van der Waals surface area (Å²) in [6.45, 7) is 7.86. The first-order chi connectivity index (χ1) is 10.9. The molecule has 0 atom stereocenters. The van der Waals surface area contributed by atoms with Crippen LogP contribution in [0.5, 0.6) is 0 Å². The Bertz CT molecular complexity index is 510. The van der Waals surface area contributed by atoms with Gasteiger partial charge in [0.05, 0.1) is 25.1 Å². The molecule has 1 fully saturated rings. The summed E-state index contributed by atoms with van der Waals surface area (Å²) in [5.74, 6) is 0.910. The highest BCUT2D eigenvalue weighted by atomic mass is 16.5. The molecule has 7 heteroatoms. The highest BCUT2D eigenvalue weighted by molar-refractivity contribution is 5.89. The normalized spacial score (nSPS) is 15.6. The molecule has 0 aromatic carbocycles. The van der Waals surface area contributed by atoms with Crippen molar-refractivity contribution in [2.24, 2.45) is 0 Å². The van der Waals surface area contributed by atoms with Crippen LogP contribution in [0.15, 0.2) is 18.3 Å². The van der Waals surface area contributed by atoms with E-state index in [0.717, 1.165) is 32.1 Å². The summed E-state index contributed by atoms with van der Waals surface area (Å²) in [4.78, 5) is 20.6. The highest BCUT2D eigenvalue weighted by Gasteiger charge is 2.21. The van der Waals surface area contributed by atoms with Crippen LogP contribution in [-0.4, -0.2) is 68.4 Å². The third-order valence-corrected chi connectivity index (χ3v) is 4.23. The molecule has 0 bridgehead atoms. The van der Waals surface area contributed by atoms with Crippen LogP contribution in [-0.2, 0) is 4.74 Å². The number of rotatable bonds is 5. The molecule has 0 aliphatic carbocycles. The van der Waals surface area contributed by atoms with E-state index in [1.54, 1.807) is 6.20 Å². The number of nitrogens with zero attached hydrogens (tertiary/aromatic N) is 3. The fraction of sp³-hybridized carbons (Fsp3) is 0.625. The molecular weight excluding hydrogens is 294 g/mol. The summed E-state index contributed by atoms with van der Waals surface area (Å²) < 4.78 is 5.33. The zero-order chi connectivity index (χ0) is 16.9. The van der Waals surface area contributed by atoms with Crippen molar-refractivity contribution in [2.45, 2.75) is 19.4 Å². The highest BCUT2D eigenvalue weighted by Crippen LogP contribution is 2.15. The lowest BCUT2D eigenvalue weighted by molar-refractivity contribution is 0.122. The number of anilines is 2. The monoisotopic (exact) mass is 321 g/mol. The number of aromatic nitrogens is 1. The van der Waals surface area contributed by atoms with E-state index in [1.165, 1.54) is 0 Å². The maximum Gasteiger partial charge on any atom is 0.319 e. The molecule has 0 unspecified atom stereocenters. The van der Waals surface area contributed by atoms with Gasteiger partial charge in [-0.15, -0.1) is 0 Å². The Morgan fingerprint density at radius 1 is 1.35 bits per heavy atom. The Morgan fingerprint density at radius 3 is 2.61 bits per heavy atom. The van der Waals surface area contributed by atoms with E-state index in [9.17, 15) is 4.79 Å². The number of pyridine rings is 1. The second-order valence-corrected chi connectivity index (χ2v) is 6.52. The Morgan fingerprint density at radius 2 is 2.04 bits per heavy atom. The van der Waals surface area contributed by atoms with E-state index < -0.39 is 0 Å². The van der Waals surface area contributed by atoms with Gasteiger partial charge in [0.2, 0.25) is 0 Å². The van der Waals surface area contributed by atoms with Gasteiger partial charge in [0.1, 0.15) is 5.82 Å². The van der Waals surface area contributed by atoms with E-state index in [2.05, 4.69) is 39.3 Å². The second kappa shape index (κ2) is 7.61. The quantitative estimate of drug-likeness (QED) is 0.857. The minimum absolute atomic E-state index is 0.101. The van der Waals surface area contributed by atoms with Gasteiger partial charge in [-0.2, -0.15) is 0 Å². The Labute approximate surface area is 138 Å². The van der Waals surface area contributed by atoms with E-state index in [-0.39, 0.29) is 11.6 Å². The third kappa shape index (κ3) is 5.07. The predicted molar refractivity (Wildman–Crippen MR) is 92.1 cm³/mol. The van der Waals surface area contributed by atoms with E-state index in [4.69, 9.17) is 4.74 Å². The van der Waals surface area contributed by atoms with Crippen LogP contribution in [0.4, 0.5) is 16.3 Å². The van der Waals surface area contributed by atoms with Gasteiger partial charge >= 0.3 is 6.03 Å². The van der Waals surface area contributed by atoms with Gasteiger partial charge < -0.3 is 25.2 Å². The van der Waals surface area contributed by atoms with Crippen molar-refractivity contribution in [3.8, 4) is 0 Å². The lowest BCUT2D eigenvalue weighted by Crippen LogP contribution is -2.49. The molecule has 1 aliphatic heterocycles. The standard InChI is InChI=1S/C16H27N5O2/c1-16(2,20(3)4)12-18-15(22)19-13-5-6-14(17-11-13)21-7-9-23-10-8-21/h5-6,11H,7-10,12H2,1-4H3,(H2,18,19,22). The van der Waals surface area contributed by atoms with Crippen molar-refractivity contribution in [2.75, 3.05) is 57.2 Å². The van der Waals surface area contributed by atoms with Crippen LogP contribution >= 0.6 is 0 Å². The first kappa shape index (κ1) is 17.5. The third-order valence-electron chi connectivity index (χ3n) is 4.23. The Balaban J connectivity index is 1.84. The van der Waals surface area contributed by atoms with Gasteiger partial charge in [0.15, 0.2) is 0 Å². The van der Waals surface area contributed by atoms with Crippen molar-refractivity contribution in [3.63, 3.8) is 0 Å². The largest absolute Gasteiger partial charge is 0.378 e. The van der Waals surface area contributed by atoms with Crippen LogP contribution in [0.25, 0.3) is 0 Å². The van der Waals surface area contributed by atoms with Crippen molar-refractivity contribution in [1.29, 1.82) is 0 Å². The SMILES string of the molecule is CN(C)C(C)(C)CNC(=O)Nc1ccc(N2CCOCC2)nc1. The molecule has 128 valence electrons. The zero-order valence-corrected chi connectivity index (χ0v) is 14.4. The number of hydrogen-bond acceptors (Lipinski definition) is 5. The number of hydrogen-bond donors (Lipinski definition) is 2. The Hall–Kier alpha value is -1.86. The summed E-state index contributed by atoms with van der Waals surface area (Å²) in [6.07, 6.45) is 1.68. The lowest BCUT2D eigenvalue weighted by Gasteiger charge is -2.32. The van der Waals surface area contributed by atoms with Gasteiger partial charge in [0, 0.05) is 25.2 Å². The molecule has 1 aromatic rings. The summed E-state index contributed by atoms with van der Waals surface area (Å²) >= 11 is 0. The van der Waals surface area contributed by atoms with E-state index >= 15 is 0 Å². The number of ether oxygens (including phenoxy) is 1. The molecule has 2 rings (SSSR count). The van der Waals surface area contributed by atoms with Crippen LogP contribution in [0, 0.1) is 0 Å². The van der Waals surface area contributed by atoms with Crippen molar-refractivity contribution < 1.29 is 9.53 Å². The van der Waals surface area contributed by atoms with E-state index in [0.29, 0.717) is 12.2 Å². The maximum absolute atomic E-state index is 12.0. The molecule has 23 heavy (non-hydrogen) atoms. The minimum Gasteiger partial charge on any atom is -0.378 e. The topological polar surface area (TPSA) is 69.7 Å². The van der Waals surface area contributed by atoms with Gasteiger partial charge in [0.25, 0.3) is 0 Å². The summed E-state index contributed by atoms with van der Waals surface area (Å²) in [6, 6.07) is 3.57. The molecule has 0 radical (unpaired) electrons. The molecule has 7 nitrogen and oxygen atoms in total. The summed E-state index contributed by atoms with van der Waals surface area (Å²) in [7, 11) is 3.99. The number of nitrogens with one attached hydrogen (secondary N) is 2. The fourth-order valence-electron chi connectivity index (χ4n) is 2.07. The number of carbonyl (C=O) groups excluding carboxylic acids is 1. The lowest BCUT2D eigenvalue weighted by atomic mass is 10.1. The number of urea groups is 1. The molecule has 2 N–H and O–H groups in total. The van der Waals surface area contributed by atoms with Gasteiger partial charge in [-0.25, -0.2) is 9.78 Å². The molecule has 1 aliphatic rings. The molecule has 0 spiro atoms. The smallest absolute Gasteiger partial charge is 0.319 e.